The fraction of sp³-hybridized carbons (Fsp3) is 0.368. The van der Waals surface area contributed by atoms with Gasteiger partial charge >= 0.3 is 0 Å². The molecule has 0 spiro atoms. The van der Waals surface area contributed by atoms with E-state index in [0.717, 1.165) is 18.4 Å². The van der Waals surface area contributed by atoms with Gasteiger partial charge in [0, 0.05) is 12.6 Å². The second-order valence-electron chi connectivity index (χ2n) is 5.76. The van der Waals surface area contributed by atoms with Gasteiger partial charge in [-0.25, -0.2) is 0 Å². The summed E-state index contributed by atoms with van der Waals surface area (Å²) in [6.07, 6.45) is 1.70. The lowest BCUT2D eigenvalue weighted by Crippen LogP contribution is -2.30. The van der Waals surface area contributed by atoms with E-state index in [0.29, 0.717) is 12.6 Å². The van der Waals surface area contributed by atoms with Crippen molar-refractivity contribution in [1.29, 1.82) is 0 Å². The number of rotatable bonds is 7. The molecule has 21 heavy (non-hydrogen) atoms. The minimum Gasteiger partial charge on any atom is -0.387 e. The van der Waals surface area contributed by atoms with E-state index in [-0.39, 0.29) is 0 Å². The molecular formula is C19H25NO. The zero-order valence-corrected chi connectivity index (χ0v) is 12.9. The van der Waals surface area contributed by atoms with Crippen LogP contribution in [0.1, 0.15) is 36.1 Å². The van der Waals surface area contributed by atoms with E-state index in [2.05, 4.69) is 43.4 Å². The number of aliphatic hydroxyl groups is 1. The Morgan fingerprint density at radius 3 is 2.33 bits per heavy atom. The van der Waals surface area contributed by atoms with Gasteiger partial charge < -0.3 is 10.4 Å². The maximum Gasteiger partial charge on any atom is 0.0914 e. The van der Waals surface area contributed by atoms with Crippen molar-refractivity contribution in [2.24, 2.45) is 0 Å². The van der Waals surface area contributed by atoms with Crippen LogP contribution < -0.4 is 5.32 Å². The first-order valence-electron chi connectivity index (χ1n) is 7.67. The van der Waals surface area contributed by atoms with Gasteiger partial charge in [-0.2, -0.15) is 0 Å². The molecule has 0 amide bonds. The van der Waals surface area contributed by atoms with Crippen LogP contribution in [0.3, 0.4) is 0 Å². The van der Waals surface area contributed by atoms with E-state index in [1.54, 1.807) is 0 Å². The lowest BCUT2D eigenvalue weighted by Gasteiger charge is -2.17. The molecule has 0 aromatic heterocycles. The maximum atomic E-state index is 10.2. The van der Waals surface area contributed by atoms with E-state index in [9.17, 15) is 5.11 Å². The SMILES string of the molecule is Cc1ccc([C@H](O)CN[C@H](C)CCc2ccccc2)cc1. The number of nitrogens with one attached hydrogen (secondary N) is 1. The fourth-order valence-corrected chi connectivity index (χ4v) is 2.35. The number of hydrogen-bond donors (Lipinski definition) is 2. The van der Waals surface area contributed by atoms with Crippen LogP contribution >= 0.6 is 0 Å². The number of hydrogen-bond acceptors (Lipinski definition) is 2. The maximum absolute atomic E-state index is 10.2. The average molecular weight is 283 g/mol. The summed E-state index contributed by atoms with van der Waals surface area (Å²) in [5.41, 5.74) is 3.56. The van der Waals surface area contributed by atoms with Gasteiger partial charge in [0.15, 0.2) is 0 Å². The quantitative estimate of drug-likeness (QED) is 0.813. The Bertz CT molecular complexity index is 521. The molecule has 2 aromatic rings. The molecule has 0 bridgehead atoms. The van der Waals surface area contributed by atoms with Crippen molar-refractivity contribution in [2.45, 2.75) is 38.8 Å². The van der Waals surface area contributed by atoms with Crippen LogP contribution in [-0.4, -0.2) is 17.7 Å². The molecule has 2 nitrogen and oxygen atoms in total. The number of aryl methyl sites for hydroxylation is 2. The molecule has 2 N–H and O–H groups in total. The van der Waals surface area contributed by atoms with Crippen LogP contribution in [0.25, 0.3) is 0 Å². The zero-order chi connectivity index (χ0) is 15.1. The van der Waals surface area contributed by atoms with Crippen molar-refractivity contribution in [1.82, 2.24) is 5.32 Å². The van der Waals surface area contributed by atoms with E-state index < -0.39 is 6.10 Å². The first-order chi connectivity index (χ1) is 10.1. The van der Waals surface area contributed by atoms with Gasteiger partial charge in [-0.15, -0.1) is 0 Å². The molecule has 0 fully saturated rings. The summed E-state index contributed by atoms with van der Waals surface area (Å²) in [4.78, 5) is 0. The monoisotopic (exact) mass is 283 g/mol. The van der Waals surface area contributed by atoms with Gasteiger partial charge in [0.05, 0.1) is 6.10 Å². The van der Waals surface area contributed by atoms with Crippen LogP contribution in [0.2, 0.25) is 0 Å². The molecule has 2 heteroatoms. The van der Waals surface area contributed by atoms with Gasteiger partial charge in [0.25, 0.3) is 0 Å². The van der Waals surface area contributed by atoms with Crippen LogP contribution in [0.4, 0.5) is 0 Å². The Labute approximate surface area is 127 Å². The summed E-state index contributed by atoms with van der Waals surface area (Å²) in [7, 11) is 0. The molecule has 0 aliphatic heterocycles. The normalized spacial score (nSPS) is 13.9. The van der Waals surface area contributed by atoms with Crippen molar-refractivity contribution >= 4 is 0 Å². The molecule has 0 radical (unpaired) electrons. The Morgan fingerprint density at radius 1 is 1.00 bits per heavy atom. The van der Waals surface area contributed by atoms with Crippen LogP contribution in [0.5, 0.6) is 0 Å². The summed E-state index contributed by atoms with van der Waals surface area (Å²) in [6.45, 7) is 4.82. The first-order valence-corrected chi connectivity index (χ1v) is 7.67. The lowest BCUT2D eigenvalue weighted by molar-refractivity contribution is 0.170. The third kappa shape index (κ3) is 5.33. The first kappa shape index (κ1) is 15.7. The van der Waals surface area contributed by atoms with Gasteiger partial charge in [-0.3, -0.25) is 0 Å². The van der Waals surface area contributed by atoms with E-state index in [4.69, 9.17) is 0 Å². The van der Waals surface area contributed by atoms with Crippen molar-refractivity contribution in [2.75, 3.05) is 6.54 Å². The minimum absolute atomic E-state index is 0.394. The molecule has 0 saturated carbocycles. The molecule has 0 aliphatic carbocycles. The molecule has 2 rings (SSSR count). The minimum atomic E-state index is -0.440. The zero-order valence-electron chi connectivity index (χ0n) is 12.9. The number of aliphatic hydroxyl groups excluding tert-OH is 1. The van der Waals surface area contributed by atoms with Crippen molar-refractivity contribution in [3.63, 3.8) is 0 Å². The second-order valence-corrected chi connectivity index (χ2v) is 5.76. The molecule has 112 valence electrons. The second kappa shape index (κ2) is 7.96. The van der Waals surface area contributed by atoms with Crippen molar-refractivity contribution < 1.29 is 5.11 Å². The van der Waals surface area contributed by atoms with Gasteiger partial charge in [-0.1, -0.05) is 60.2 Å². The standard InChI is InChI=1S/C19H25NO/c1-15-8-12-18(13-9-15)19(21)14-20-16(2)10-11-17-6-4-3-5-7-17/h3-9,12-13,16,19-21H,10-11,14H2,1-2H3/t16-,19-/m1/s1. The highest BCUT2D eigenvalue weighted by Gasteiger charge is 2.09. The molecule has 2 atom stereocenters. The van der Waals surface area contributed by atoms with E-state index >= 15 is 0 Å². The Kier molecular flexibility index (Phi) is 5.97. The Morgan fingerprint density at radius 2 is 1.67 bits per heavy atom. The largest absolute Gasteiger partial charge is 0.387 e. The summed E-state index contributed by atoms with van der Waals surface area (Å²) in [6, 6.07) is 19.0. The van der Waals surface area contributed by atoms with Gasteiger partial charge in [0.2, 0.25) is 0 Å². The van der Waals surface area contributed by atoms with Crippen LogP contribution in [0, 0.1) is 6.92 Å². The Balaban J connectivity index is 1.73. The number of benzene rings is 2. The summed E-state index contributed by atoms with van der Waals surface area (Å²) >= 11 is 0. The molecule has 0 heterocycles. The van der Waals surface area contributed by atoms with Crippen LogP contribution in [-0.2, 0) is 6.42 Å². The third-order valence-electron chi connectivity index (χ3n) is 3.83. The summed E-state index contributed by atoms with van der Waals surface area (Å²) in [5.74, 6) is 0. The average Bonchev–Trinajstić information content (AvgIpc) is 2.52. The predicted octanol–water partition coefficient (Wildman–Crippen LogP) is 3.64. The summed E-state index contributed by atoms with van der Waals surface area (Å²) < 4.78 is 0. The van der Waals surface area contributed by atoms with Gasteiger partial charge in [-0.05, 0) is 37.8 Å². The smallest absolute Gasteiger partial charge is 0.0914 e. The highest BCUT2D eigenvalue weighted by molar-refractivity contribution is 5.23. The highest BCUT2D eigenvalue weighted by atomic mass is 16.3. The fourth-order valence-electron chi connectivity index (χ4n) is 2.35. The molecular weight excluding hydrogens is 258 g/mol. The molecule has 0 aliphatic rings. The van der Waals surface area contributed by atoms with E-state index in [1.165, 1.54) is 11.1 Å². The molecule has 0 saturated heterocycles. The Hall–Kier alpha value is -1.64. The topological polar surface area (TPSA) is 32.3 Å². The van der Waals surface area contributed by atoms with Crippen molar-refractivity contribution in [3.8, 4) is 0 Å². The van der Waals surface area contributed by atoms with Crippen LogP contribution in [0.15, 0.2) is 54.6 Å². The predicted molar refractivity (Wildman–Crippen MR) is 88.4 cm³/mol. The molecule has 2 aromatic carbocycles. The third-order valence-corrected chi connectivity index (χ3v) is 3.83. The van der Waals surface area contributed by atoms with Gasteiger partial charge in [0.1, 0.15) is 0 Å². The summed E-state index contributed by atoms with van der Waals surface area (Å²) in [5, 5.41) is 13.6. The lowest BCUT2D eigenvalue weighted by atomic mass is 10.0. The van der Waals surface area contributed by atoms with Crippen molar-refractivity contribution in [3.05, 3.63) is 71.3 Å². The highest BCUT2D eigenvalue weighted by Crippen LogP contribution is 2.13. The molecule has 0 unspecified atom stereocenters. The van der Waals surface area contributed by atoms with E-state index in [1.807, 2.05) is 30.3 Å².